The van der Waals surface area contributed by atoms with Gasteiger partial charge in [-0.15, -0.1) is 0 Å². The van der Waals surface area contributed by atoms with E-state index in [1.54, 1.807) is 18.2 Å². The molecule has 1 heterocycles. The van der Waals surface area contributed by atoms with Gasteiger partial charge in [-0.05, 0) is 39.8 Å². The van der Waals surface area contributed by atoms with E-state index in [2.05, 4.69) is 15.0 Å². The molecule has 9 heteroatoms. The standard InChI is InChI=1S/C17H23N3O5S/c1-11(16(22)19-17(2,3)4)25-14(21)9-10-18-15-12-7-5-6-8-13(12)26(23,24)20-15/h5-8,11H,9-10H2,1-4H3,(H,18,20)(H,19,22)/t11-/m1/s1. The molecule has 0 radical (unpaired) electrons. The summed E-state index contributed by atoms with van der Waals surface area (Å²) in [5.74, 6) is -0.762. The highest BCUT2D eigenvalue weighted by molar-refractivity contribution is 7.90. The SMILES string of the molecule is C[C@@H](OC(=O)CCN=C1NS(=O)(=O)c2ccccc21)C(=O)NC(C)(C)C. The fourth-order valence-electron chi connectivity index (χ4n) is 2.29. The molecular formula is C17H23N3O5S. The summed E-state index contributed by atoms with van der Waals surface area (Å²) in [6.45, 7) is 7.02. The van der Waals surface area contributed by atoms with Crippen LogP contribution in [0.5, 0.6) is 0 Å². The van der Waals surface area contributed by atoms with Gasteiger partial charge in [0.05, 0.1) is 17.9 Å². The van der Waals surface area contributed by atoms with Crippen molar-refractivity contribution in [3.05, 3.63) is 29.8 Å². The van der Waals surface area contributed by atoms with Crippen molar-refractivity contribution in [1.29, 1.82) is 0 Å². The third-order valence-corrected chi connectivity index (χ3v) is 4.82. The Morgan fingerprint density at radius 1 is 1.27 bits per heavy atom. The maximum absolute atomic E-state index is 12.0. The number of amides is 1. The summed E-state index contributed by atoms with van der Waals surface area (Å²) in [5, 5.41) is 2.72. The van der Waals surface area contributed by atoms with Crippen molar-refractivity contribution in [2.45, 2.75) is 50.7 Å². The van der Waals surface area contributed by atoms with Crippen molar-refractivity contribution in [2.75, 3.05) is 6.54 Å². The van der Waals surface area contributed by atoms with Gasteiger partial charge in [0.15, 0.2) is 6.10 Å². The van der Waals surface area contributed by atoms with Gasteiger partial charge in [-0.25, -0.2) is 8.42 Å². The third kappa shape index (κ3) is 5.04. The van der Waals surface area contributed by atoms with E-state index in [0.717, 1.165) is 0 Å². The van der Waals surface area contributed by atoms with Crippen LogP contribution in [-0.4, -0.2) is 44.3 Å². The van der Waals surface area contributed by atoms with Crippen molar-refractivity contribution in [1.82, 2.24) is 10.0 Å². The molecule has 1 aromatic carbocycles. The summed E-state index contributed by atoms with van der Waals surface area (Å²) in [6, 6.07) is 6.47. The molecule has 0 aromatic heterocycles. The Morgan fingerprint density at radius 3 is 2.58 bits per heavy atom. The fraction of sp³-hybridized carbons (Fsp3) is 0.471. The molecule has 0 unspecified atom stereocenters. The molecular weight excluding hydrogens is 358 g/mol. The van der Waals surface area contributed by atoms with E-state index in [4.69, 9.17) is 4.74 Å². The Bertz CT molecular complexity index is 840. The summed E-state index contributed by atoms with van der Waals surface area (Å²) in [5.41, 5.74) is 0.0512. The Labute approximate surface area is 153 Å². The number of ether oxygens (including phenoxy) is 1. The maximum atomic E-state index is 12.0. The summed E-state index contributed by atoms with van der Waals surface area (Å²) in [7, 11) is -3.60. The molecule has 1 amide bonds. The summed E-state index contributed by atoms with van der Waals surface area (Å²) in [4.78, 5) is 28.1. The molecule has 26 heavy (non-hydrogen) atoms. The average Bonchev–Trinajstić information content (AvgIpc) is 2.77. The monoisotopic (exact) mass is 381 g/mol. The zero-order valence-corrected chi connectivity index (χ0v) is 16.0. The van der Waals surface area contributed by atoms with Crippen molar-refractivity contribution >= 4 is 27.7 Å². The number of hydrogen-bond donors (Lipinski definition) is 2. The first-order chi connectivity index (χ1) is 12.0. The van der Waals surface area contributed by atoms with Gasteiger partial charge in [-0.1, -0.05) is 12.1 Å². The summed E-state index contributed by atoms with van der Waals surface area (Å²) in [6.07, 6.45) is -0.986. The van der Waals surface area contributed by atoms with Crippen molar-refractivity contribution in [3.8, 4) is 0 Å². The topological polar surface area (TPSA) is 114 Å². The number of esters is 1. The van der Waals surface area contributed by atoms with Crippen LogP contribution in [0.15, 0.2) is 34.2 Å². The van der Waals surface area contributed by atoms with Gasteiger partial charge in [0.1, 0.15) is 5.84 Å². The molecule has 0 saturated carbocycles. The molecule has 1 aliphatic rings. The van der Waals surface area contributed by atoms with E-state index < -0.39 is 27.6 Å². The number of benzene rings is 1. The third-order valence-electron chi connectivity index (χ3n) is 3.42. The van der Waals surface area contributed by atoms with E-state index in [-0.39, 0.29) is 29.6 Å². The predicted molar refractivity (Wildman–Crippen MR) is 96.2 cm³/mol. The lowest BCUT2D eigenvalue weighted by molar-refractivity contribution is -0.155. The molecule has 0 aliphatic carbocycles. The minimum atomic E-state index is -3.60. The van der Waals surface area contributed by atoms with Crippen LogP contribution in [0, 0.1) is 0 Å². The minimum Gasteiger partial charge on any atom is -0.452 e. The van der Waals surface area contributed by atoms with E-state index in [1.165, 1.54) is 13.0 Å². The summed E-state index contributed by atoms with van der Waals surface area (Å²) < 4.78 is 31.4. The highest BCUT2D eigenvalue weighted by Gasteiger charge is 2.30. The maximum Gasteiger partial charge on any atom is 0.308 e. The smallest absolute Gasteiger partial charge is 0.308 e. The summed E-state index contributed by atoms with van der Waals surface area (Å²) >= 11 is 0. The lowest BCUT2D eigenvalue weighted by Crippen LogP contribution is -2.46. The van der Waals surface area contributed by atoms with Crippen LogP contribution in [0.4, 0.5) is 0 Å². The number of nitrogens with one attached hydrogen (secondary N) is 2. The van der Waals surface area contributed by atoms with Gasteiger partial charge in [0.25, 0.3) is 15.9 Å². The number of aliphatic imine (C=N–C) groups is 1. The second-order valence-electron chi connectivity index (χ2n) is 6.95. The zero-order chi connectivity index (χ0) is 19.5. The molecule has 2 N–H and O–H groups in total. The first-order valence-electron chi connectivity index (χ1n) is 8.18. The van der Waals surface area contributed by atoms with Gasteiger partial charge in [-0.2, -0.15) is 0 Å². The molecule has 0 spiro atoms. The Kier molecular flexibility index (Phi) is 5.70. The molecule has 1 aromatic rings. The van der Waals surface area contributed by atoms with E-state index in [9.17, 15) is 18.0 Å². The molecule has 8 nitrogen and oxygen atoms in total. The van der Waals surface area contributed by atoms with Gasteiger partial charge in [0, 0.05) is 11.1 Å². The van der Waals surface area contributed by atoms with Crippen LogP contribution in [0.2, 0.25) is 0 Å². The lowest BCUT2D eigenvalue weighted by atomic mass is 10.1. The van der Waals surface area contributed by atoms with E-state index in [0.29, 0.717) is 5.56 Å². The largest absolute Gasteiger partial charge is 0.452 e. The van der Waals surface area contributed by atoms with Crippen LogP contribution in [0.1, 0.15) is 39.7 Å². The Balaban J connectivity index is 1.91. The van der Waals surface area contributed by atoms with Crippen LogP contribution < -0.4 is 10.0 Å². The number of fused-ring (bicyclic) bond motifs is 1. The van der Waals surface area contributed by atoms with Crippen LogP contribution in [0.3, 0.4) is 0 Å². The number of hydrogen-bond acceptors (Lipinski definition) is 6. The number of nitrogens with zero attached hydrogens (tertiary/aromatic N) is 1. The number of rotatable bonds is 5. The van der Waals surface area contributed by atoms with E-state index >= 15 is 0 Å². The highest BCUT2D eigenvalue weighted by Crippen LogP contribution is 2.22. The Morgan fingerprint density at radius 2 is 1.92 bits per heavy atom. The van der Waals surface area contributed by atoms with Gasteiger partial charge in [-0.3, -0.25) is 19.3 Å². The highest BCUT2D eigenvalue weighted by atomic mass is 32.2. The zero-order valence-electron chi connectivity index (χ0n) is 15.2. The number of carbonyl (C=O) groups is 2. The van der Waals surface area contributed by atoms with Crippen LogP contribution in [0.25, 0.3) is 0 Å². The quantitative estimate of drug-likeness (QED) is 0.738. The lowest BCUT2D eigenvalue weighted by Gasteiger charge is -2.23. The molecule has 0 bridgehead atoms. The normalized spacial score (nSPS) is 17.9. The average molecular weight is 381 g/mol. The Hall–Kier alpha value is -2.42. The predicted octanol–water partition coefficient (Wildman–Crippen LogP) is 0.962. The second-order valence-corrected chi connectivity index (χ2v) is 8.60. The molecule has 2 rings (SSSR count). The van der Waals surface area contributed by atoms with Crippen molar-refractivity contribution < 1.29 is 22.7 Å². The first-order valence-corrected chi connectivity index (χ1v) is 9.66. The molecule has 1 aliphatic heterocycles. The first kappa shape index (κ1) is 19.9. The van der Waals surface area contributed by atoms with Crippen molar-refractivity contribution in [2.24, 2.45) is 4.99 Å². The number of amidine groups is 1. The molecule has 0 fully saturated rings. The van der Waals surface area contributed by atoms with E-state index in [1.807, 2.05) is 20.8 Å². The molecule has 142 valence electrons. The fourth-order valence-corrected chi connectivity index (χ4v) is 3.54. The minimum absolute atomic E-state index is 0.0403. The second kappa shape index (κ2) is 7.45. The van der Waals surface area contributed by atoms with Gasteiger partial charge in [0.2, 0.25) is 0 Å². The van der Waals surface area contributed by atoms with Crippen molar-refractivity contribution in [3.63, 3.8) is 0 Å². The van der Waals surface area contributed by atoms with Gasteiger partial charge >= 0.3 is 5.97 Å². The molecule has 1 atom stereocenters. The molecule has 0 saturated heterocycles. The number of sulfonamides is 1. The van der Waals surface area contributed by atoms with Crippen LogP contribution in [-0.2, 0) is 24.3 Å². The number of carbonyl (C=O) groups excluding carboxylic acids is 2. The van der Waals surface area contributed by atoms with Crippen LogP contribution >= 0.6 is 0 Å². The van der Waals surface area contributed by atoms with Gasteiger partial charge < -0.3 is 10.1 Å².